The van der Waals surface area contributed by atoms with Gasteiger partial charge in [-0.05, 0) is 50.5 Å². The third-order valence-corrected chi connectivity index (χ3v) is 4.52. The number of hydrogen-bond donors (Lipinski definition) is 1. The number of nitrogens with one attached hydrogen (secondary N) is 1. The third kappa shape index (κ3) is 4.26. The number of rotatable bonds is 9. The molecule has 1 N–H and O–H groups in total. The van der Waals surface area contributed by atoms with E-state index in [9.17, 15) is 0 Å². The van der Waals surface area contributed by atoms with E-state index in [2.05, 4.69) is 19.2 Å². The van der Waals surface area contributed by atoms with E-state index in [-0.39, 0.29) is 0 Å². The van der Waals surface area contributed by atoms with Gasteiger partial charge in [0.25, 0.3) is 0 Å². The van der Waals surface area contributed by atoms with Gasteiger partial charge in [0.2, 0.25) is 0 Å². The molecule has 1 saturated carbocycles. The van der Waals surface area contributed by atoms with Crippen LogP contribution in [0.1, 0.15) is 65.2 Å². The van der Waals surface area contributed by atoms with Crippen LogP contribution in [0.25, 0.3) is 0 Å². The smallest absolute Gasteiger partial charge is 0.0462 e. The van der Waals surface area contributed by atoms with Crippen LogP contribution in [0, 0.1) is 5.41 Å². The highest BCUT2D eigenvalue weighted by Crippen LogP contribution is 2.45. The molecule has 0 aromatic heterocycles. The molecule has 0 radical (unpaired) electrons. The second kappa shape index (κ2) is 8.10. The minimum Gasteiger partial charge on any atom is -0.385 e. The highest BCUT2D eigenvalue weighted by Gasteiger charge is 2.38. The van der Waals surface area contributed by atoms with Gasteiger partial charge in [0.05, 0.1) is 0 Å². The molecule has 0 aromatic carbocycles. The van der Waals surface area contributed by atoms with Gasteiger partial charge in [-0.1, -0.05) is 26.7 Å². The van der Waals surface area contributed by atoms with Crippen molar-refractivity contribution in [1.82, 2.24) is 5.32 Å². The Balaban J connectivity index is 2.52. The van der Waals surface area contributed by atoms with Gasteiger partial charge in [-0.2, -0.15) is 0 Å². The molecular formula is C15H31NO. The normalized spacial score (nSPS) is 20.6. The molecule has 1 unspecified atom stereocenters. The van der Waals surface area contributed by atoms with Crippen molar-refractivity contribution in [3.63, 3.8) is 0 Å². The topological polar surface area (TPSA) is 21.3 Å². The fourth-order valence-corrected chi connectivity index (χ4v) is 3.40. The van der Waals surface area contributed by atoms with Crippen LogP contribution in [-0.2, 0) is 4.74 Å². The molecule has 1 atom stereocenters. The van der Waals surface area contributed by atoms with Gasteiger partial charge in [0.1, 0.15) is 0 Å². The minimum absolute atomic E-state index is 0.586. The lowest BCUT2D eigenvalue weighted by Crippen LogP contribution is -2.44. The Hall–Kier alpha value is -0.0800. The van der Waals surface area contributed by atoms with Gasteiger partial charge in [-0.15, -0.1) is 0 Å². The number of methoxy groups -OCH3 is 1. The van der Waals surface area contributed by atoms with Gasteiger partial charge in [0.15, 0.2) is 0 Å². The van der Waals surface area contributed by atoms with Crippen molar-refractivity contribution in [1.29, 1.82) is 0 Å². The van der Waals surface area contributed by atoms with E-state index in [0.717, 1.165) is 6.61 Å². The fraction of sp³-hybridized carbons (Fsp3) is 1.00. The van der Waals surface area contributed by atoms with Crippen LogP contribution in [0.15, 0.2) is 0 Å². The van der Waals surface area contributed by atoms with Gasteiger partial charge in [-0.25, -0.2) is 0 Å². The monoisotopic (exact) mass is 241 g/mol. The lowest BCUT2D eigenvalue weighted by atomic mass is 9.74. The summed E-state index contributed by atoms with van der Waals surface area (Å²) in [6.07, 6.45) is 10.8. The summed E-state index contributed by atoms with van der Waals surface area (Å²) in [7, 11) is 1.81. The largest absolute Gasteiger partial charge is 0.385 e. The molecule has 1 rings (SSSR count). The quantitative estimate of drug-likeness (QED) is 0.621. The Labute approximate surface area is 108 Å². The summed E-state index contributed by atoms with van der Waals surface area (Å²) in [5.41, 5.74) is 0.586. The van der Waals surface area contributed by atoms with Gasteiger partial charge < -0.3 is 10.1 Å². The molecule has 0 heterocycles. The van der Waals surface area contributed by atoms with E-state index in [1.165, 1.54) is 57.9 Å². The molecule has 2 nitrogen and oxygen atoms in total. The summed E-state index contributed by atoms with van der Waals surface area (Å²) in [5.74, 6) is 0. The zero-order valence-electron chi connectivity index (χ0n) is 12.1. The maximum Gasteiger partial charge on any atom is 0.0462 e. The molecule has 0 aromatic rings. The summed E-state index contributed by atoms with van der Waals surface area (Å²) in [6.45, 7) is 6.71. The average molecular weight is 241 g/mol. The summed E-state index contributed by atoms with van der Waals surface area (Å²) in [4.78, 5) is 0. The summed E-state index contributed by atoms with van der Waals surface area (Å²) >= 11 is 0. The van der Waals surface area contributed by atoms with Crippen molar-refractivity contribution in [3.8, 4) is 0 Å². The molecule has 102 valence electrons. The standard InChI is InChI=1S/C15H31NO/c1-4-12-16-14(9-8-13-17-3)15(5-2)10-6-7-11-15/h14,16H,4-13H2,1-3H3. The zero-order chi connectivity index (χ0) is 12.6. The molecule has 0 aliphatic heterocycles. The Morgan fingerprint density at radius 3 is 2.47 bits per heavy atom. The van der Waals surface area contributed by atoms with Crippen LogP contribution >= 0.6 is 0 Å². The van der Waals surface area contributed by atoms with Crippen LogP contribution in [0.4, 0.5) is 0 Å². The van der Waals surface area contributed by atoms with E-state index < -0.39 is 0 Å². The maximum absolute atomic E-state index is 5.20. The molecule has 2 heteroatoms. The number of ether oxygens (including phenoxy) is 1. The van der Waals surface area contributed by atoms with Crippen molar-refractivity contribution in [3.05, 3.63) is 0 Å². The third-order valence-electron chi connectivity index (χ3n) is 4.52. The Kier molecular flexibility index (Phi) is 7.14. The van der Waals surface area contributed by atoms with Crippen molar-refractivity contribution in [2.45, 2.75) is 71.3 Å². The summed E-state index contributed by atoms with van der Waals surface area (Å²) in [5, 5.41) is 3.81. The first-order chi connectivity index (χ1) is 8.29. The predicted octanol–water partition coefficient (Wildman–Crippen LogP) is 3.75. The second-order valence-electron chi connectivity index (χ2n) is 5.56. The lowest BCUT2D eigenvalue weighted by Gasteiger charge is -2.38. The summed E-state index contributed by atoms with van der Waals surface area (Å²) in [6, 6.07) is 0.713. The first kappa shape index (κ1) is 15.0. The molecule has 1 aliphatic carbocycles. The molecular weight excluding hydrogens is 210 g/mol. The molecule has 17 heavy (non-hydrogen) atoms. The van der Waals surface area contributed by atoms with Crippen LogP contribution < -0.4 is 5.32 Å². The van der Waals surface area contributed by atoms with Crippen molar-refractivity contribution >= 4 is 0 Å². The first-order valence-corrected chi connectivity index (χ1v) is 7.51. The predicted molar refractivity (Wildman–Crippen MR) is 74.4 cm³/mol. The van der Waals surface area contributed by atoms with Gasteiger partial charge in [0, 0.05) is 19.8 Å². The van der Waals surface area contributed by atoms with E-state index in [1.807, 2.05) is 0 Å². The van der Waals surface area contributed by atoms with Gasteiger partial charge >= 0.3 is 0 Å². The Morgan fingerprint density at radius 2 is 1.94 bits per heavy atom. The van der Waals surface area contributed by atoms with Gasteiger partial charge in [-0.3, -0.25) is 0 Å². The molecule has 1 fully saturated rings. The Bertz CT molecular complexity index is 187. The van der Waals surface area contributed by atoms with E-state index in [1.54, 1.807) is 7.11 Å². The maximum atomic E-state index is 5.20. The molecule has 0 spiro atoms. The van der Waals surface area contributed by atoms with Crippen LogP contribution in [0.2, 0.25) is 0 Å². The van der Waals surface area contributed by atoms with Crippen molar-refractivity contribution in [2.75, 3.05) is 20.3 Å². The van der Waals surface area contributed by atoms with Crippen LogP contribution in [0.3, 0.4) is 0 Å². The minimum atomic E-state index is 0.586. The zero-order valence-corrected chi connectivity index (χ0v) is 12.1. The Morgan fingerprint density at radius 1 is 1.24 bits per heavy atom. The molecule has 0 amide bonds. The lowest BCUT2D eigenvalue weighted by molar-refractivity contribution is 0.147. The van der Waals surface area contributed by atoms with Crippen LogP contribution in [-0.4, -0.2) is 26.3 Å². The highest BCUT2D eigenvalue weighted by molar-refractivity contribution is 4.93. The SMILES string of the molecule is CCCNC(CCCOC)C1(CC)CCCC1. The van der Waals surface area contributed by atoms with E-state index in [0.29, 0.717) is 11.5 Å². The van der Waals surface area contributed by atoms with Crippen molar-refractivity contribution in [2.24, 2.45) is 5.41 Å². The van der Waals surface area contributed by atoms with Crippen LogP contribution in [0.5, 0.6) is 0 Å². The highest BCUT2D eigenvalue weighted by atomic mass is 16.5. The number of hydrogen-bond acceptors (Lipinski definition) is 2. The fourth-order valence-electron chi connectivity index (χ4n) is 3.40. The van der Waals surface area contributed by atoms with E-state index in [4.69, 9.17) is 4.74 Å². The van der Waals surface area contributed by atoms with Crippen molar-refractivity contribution < 1.29 is 4.74 Å². The average Bonchev–Trinajstić information content (AvgIpc) is 2.83. The molecule has 0 bridgehead atoms. The first-order valence-electron chi connectivity index (χ1n) is 7.51. The molecule has 1 aliphatic rings. The molecule has 0 saturated heterocycles. The summed E-state index contributed by atoms with van der Waals surface area (Å²) < 4.78 is 5.20. The van der Waals surface area contributed by atoms with E-state index >= 15 is 0 Å². The second-order valence-corrected chi connectivity index (χ2v) is 5.56.